The highest BCUT2D eigenvalue weighted by atomic mass is 35.5. The Balaban J connectivity index is 1.74. The minimum Gasteiger partial charge on any atom is -0.325 e. The van der Waals surface area contributed by atoms with Gasteiger partial charge in [-0.2, -0.15) is 0 Å². The van der Waals surface area contributed by atoms with Crippen molar-refractivity contribution in [1.82, 2.24) is 0 Å². The number of hydrogen-bond donors (Lipinski definition) is 1. The quantitative estimate of drug-likeness (QED) is 0.874. The molecule has 1 unspecified atom stereocenters. The Hall–Kier alpha value is -2.33. The Labute approximate surface area is 140 Å². The van der Waals surface area contributed by atoms with Crippen molar-refractivity contribution in [3.05, 3.63) is 59.1 Å². The van der Waals surface area contributed by atoms with Crippen molar-refractivity contribution in [3.8, 4) is 0 Å². The monoisotopic (exact) mass is 328 g/mol. The summed E-state index contributed by atoms with van der Waals surface area (Å²) in [5.74, 6) is -1.10. The normalized spacial score (nSPS) is 17.4. The fourth-order valence-electron chi connectivity index (χ4n) is 2.75. The van der Waals surface area contributed by atoms with E-state index in [0.717, 1.165) is 11.3 Å². The molecule has 118 valence electrons. The molecule has 2 amide bonds. The number of nitrogens with zero attached hydrogens (tertiary/aromatic N) is 1. The van der Waals surface area contributed by atoms with E-state index in [0.29, 0.717) is 23.7 Å². The van der Waals surface area contributed by atoms with Crippen molar-refractivity contribution >= 4 is 34.8 Å². The fourth-order valence-corrected chi connectivity index (χ4v) is 2.92. The fraction of sp³-hybridized carbons (Fsp3) is 0.222. The van der Waals surface area contributed by atoms with Gasteiger partial charge in [0.05, 0.1) is 0 Å². The Morgan fingerprint density at radius 1 is 1.17 bits per heavy atom. The number of carbonyl (C=O) groups excluding carboxylic acids is 2. The van der Waals surface area contributed by atoms with Crippen molar-refractivity contribution in [1.29, 1.82) is 0 Å². The van der Waals surface area contributed by atoms with Crippen LogP contribution in [0, 0.1) is 12.8 Å². The van der Waals surface area contributed by atoms with Gasteiger partial charge in [0.1, 0.15) is 5.92 Å². The summed E-state index contributed by atoms with van der Waals surface area (Å²) in [6.07, 6.45) is 0.513. The number of hydrogen-bond acceptors (Lipinski definition) is 2. The minimum atomic E-state index is -0.659. The Kier molecular flexibility index (Phi) is 4.35. The van der Waals surface area contributed by atoms with E-state index in [2.05, 4.69) is 5.32 Å². The van der Waals surface area contributed by atoms with E-state index >= 15 is 0 Å². The molecule has 5 heteroatoms. The van der Waals surface area contributed by atoms with Gasteiger partial charge in [0.15, 0.2) is 0 Å². The smallest absolute Gasteiger partial charge is 0.239 e. The zero-order valence-electron chi connectivity index (χ0n) is 12.8. The van der Waals surface area contributed by atoms with E-state index in [-0.39, 0.29) is 11.8 Å². The third-order valence-corrected chi connectivity index (χ3v) is 4.52. The highest BCUT2D eigenvalue weighted by Gasteiger charge is 2.37. The summed E-state index contributed by atoms with van der Waals surface area (Å²) in [5, 5.41) is 3.41. The molecule has 2 aromatic carbocycles. The molecule has 1 saturated heterocycles. The molecule has 1 atom stereocenters. The number of anilines is 2. The average molecular weight is 329 g/mol. The van der Waals surface area contributed by atoms with Crippen LogP contribution in [0.25, 0.3) is 0 Å². The number of amides is 2. The van der Waals surface area contributed by atoms with Crippen molar-refractivity contribution < 1.29 is 9.59 Å². The summed E-state index contributed by atoms with van der Waals surface area (Å²) in [6, 6.07) is 14.7. The van der Waals surface area contributed by atoms with Gasteiger partial charge < -0.3 is 10.2 Å². The van der Waals surface area contributed by atoms with Gasteiger partial charge in [-0.1, -0.05) is 35.9 Å². The van der Waals surface area contributed by atoms with Crippen molar-refractivity contribution in [2.75, 3.05) is 16.8 Å². The first-order valence-electron chi connectivity index (χ1n) is 7.50. The maximum absolute atomic E-state index is 12.5. The van der Waals surface area contributed by atoms with Crippen LogP contribution < -0.4 is 10.2 Å². The molecule has 0 aliphatic carbocycles. The topological polar surface area (TPSA) is 49.4 Å². The molecule has 1 aliphatic rings. The average Bonchev–Trinajstić information content (AvgIpc) is 2.94. The lowest BCUT2D eigenvalue weighted by molar-refractivity contribution is -0.129. The van der Waals surface area contributed by atoms with Gasteiger partial charge in [-0.15, -0.1) is 0 Å². The highest BCUT2D eigenvalue weighted by Crippen LogP contribution is 2.28. The van der Waals surface area contributed by atoms with Crippen molar-refractivity contribution in [2.24, 2.45) is 5.92 Å². The minimum absolute atomic E-state index is 0.159. The number of carbonyl (C=O) groups is 2. The molecule has 0 saturated carbocycles. The molecule has 3 rings (SSSR count). The lowest BCUT2D eigenvalue weighted by atomic mass is 10.1. The molecule has 0 bridgehead atoms. The Bertz CT molecular complexity index is 746. The first kappa shape index (κ1) is 15.6. The molecule has 0 radical (unpaired) electrons. The first-order valence-corrected chi connectivity index (χ1v) is 7.88. The lowest BCUT2D eigenvalue weighted by Gasteiger charge is -2.17. The van der Waals surface area contributed by atoms with E-state index in [9.17, 15) is 9.59 Å². The molecule has 1 fully saturated rings. The van der Waals surface area contributed by atoms with Gasteiger partial charge in [-0.3, -0.25) is 9.59 Å². The van der Waals surface area contributed by atoms with Gasteiger partial charge in [-0.05, 0) is 43.2 Å². The van der Waals surface area contributed by atoms with Crippen LogP contribution in [-0.4, -0.2) is 18.4 Å². The number of nitrogens with one attached hydrogen (secondary N) is 1. The van der Waals surface area contributed by atoms with Crippen LogP contribution >= 0.6 is 11.6 Å². The summed E-state index contributed by atoms with van der Waals surface area (Å²) < 4.78 is 0. The predicted molar refractivity (Wildman–Crippen MR) is 91.7 cm³/mol. The maximum atomic E-state index is 12.5. The van der Waals surface area contributed by atoms with Crippen LogP contribution in [0.1, 0.15) is 12.0 Å². The summed E-state index contributed by atoms with van der Waals surface area (Å²) in [4.78, 5) is 26.7. The first-order chi connectivity index (χ1) is 11.1. The SMILES string of the molecule is Cc1c(Cl)cccc1NC(=O)C1CCN(c2ccccc2)C1=O. The van der Waals surface area contributed by atoms with Gasteiger partial charge in [-0.25, -0.2) is 0 Å². The molecule has 23 heavy (non-hydrogen) atoms. The lowest BCUT2D eigenvalue weighted by Crippen LogP contribution is -2.33. The van der Waals surface area contributed by atoms with Crippen LogP contribution in [0.5, 0.6) is 0 Å². The van der Waals surface area contributed by atoms with Gasteiger partial charge in [0.25, 0.3) is 0 Å². The number of rotatable bonds is 3. The molecule has 0 aromatic heterocycles. The summed E-state index contributed by atoms with van der Waals surface area (Å²) in [5.41, 5.74) is 2.27. The van der Waals surface area contributed by atoms with Crippen molar-refractivity contribution in [2.45, 2.75) is 13.3 Å². The van der Waals surface area contributed by atoms with Crippen LogP contribution in [0.15, 0.2) is 48.5 Å². The standard InChI is InChI=1S/C18H17ClN2O2/c1-12-15(19)8-5-9-16(12)20-17(22)14-10-11-21(18(14)23)13-6-3-2-4-7-13/h2-9,14H,10-11H2,1H3,(H,20,22). The molecule has 2 aromatic rings. The van der Waals surface area contributed by atoms with E-state index in [4.69, 9.17) is 11.6 Å². The predicted octanol–water partition coefficient (Wildman–Crippen LogP) is 3.64. The van der Waals surface area contributed by atoms with Gasteiger partial charge in [0.2, 0.25) is 11.8 Å². The molecular formula is C18H17ClN2O2. The van der Waals surface area contributed by atoms with Crippen LogP contribution in [-0.2, 0) is 9.59 Å². The largest absolute Gasteiger partial charge is 0.325 e. The second-order valence-corrected chi connectivity index (χ2v) is 5.98. The van der Waals surface area contributed by atoms with Gasteiger partial charge in [0, 0.05) is 22.9 Å². The van der Waals surface area contributed by atoms with Crippen LogP contribution in [0.3, 0.4) is 0 Å². The number of halogens is 1. The van der Waals surface area contributed by atoms with Gasteiger partial charge >= 0.3 is 0 Å². The van der Waals surface area contributed by atoms with Crippen molar-refractivity contribution in [3.63, 3.8) is 0 Å². The molecule has 1 heterocycles. The maximum Gasteiger partial charge on any atom is 0.239 e. The van der Waals surface area contributed by atoms with E-state index in [1.807, 2.05) is 37.3 Å². The highest BCUT2D eigenvalue weighted by molar-refractivity contribution is 6.31. The van der Waals surface area contributed by atoms with E-state index < -0.39 is 5.92 Å². The zero-order valence-corrected chi connectivity index (χ0v) is 13.5. The second kappa shape index (κ2) is 6.42. The summed E-state index contributed by atoms with van der Waals surface area (Å²) >= 11 is 6.06. The number of para-hydroxylation sites is 1. The summed E-state index contributed by atoms with van der Waals surface area (Å²) in [7, 11) is 0. The Morgan fingerprint density at radius 2 is 1.91 bits per heavy atom. The molecule has 1 aliphatic heterocycles. The number of benzene rings is 2. The second-order valence-electron chi connectivity index (χ2n) is 5.57. The zero-order chi connectivity index (χ0) is 16.4. The third-order valence-electron chi connectivity index (χ3n) is 4.12. The molecule has 0 spiro atoms. The van der Waals surface area contributed by atoms with Crippen LogP contribution in [0.4, 0.5) is 11.4 Å². The summed E-state index contributed by atoms with van der Waals surface area (Å²) in [6.45, 7) is 2.39. The molecule has 4 nitrogen and oxygen atoms in total. The van der Waals surface area contributed by atoms with E-state index in [1.54, 1.807) is 23.1 Å². The van der Waals surface area contributed by atoms with Crippen LogP contribution in [0.2, 0.25) is 5.02 Å². The third kappa shape index (κ3) is 3.08. The molecular weight excluding hydrogens is 312 g/mol. The Morgan fingerprint density at radius 3 is 2.65 bits per heavy atom. The molecule has 1 N–H and O–H groups in total. The van der Waals surface area contributed by atoms with E-state index in [1.165, 1.54) is 0 Å².